The summed E-state index contributed by atoms with van der Waals surface area (Å²) in [6, 6.07) is 20.9. The first kappa shape index (κ1) is 21.0. The molecule has 0 amide bonds. The molecule has 0 radical (unpaired) electrons. The molecule has 4 rings (SSSR count). The molecule has 1 aromatic heterocycles. The fraction of sp³-hybridized carbons (Fsp3) is 0.0476. The molecule has 4 aromatic rings. The summed E-state index contributed by atoms with van der Waals surface area (Å²) in [5.41, 5.74) is 5.06. The minimum Gasteiger partial charge on any atom is -0.337 e. The van der Waals surface area contributed by atoms with E-state index in [0.717, 1.165) is 10.2 Å². The van der Waals surface area contributed by atoms with Gasteiger partial charge in [-0.25, -0.2) is 18.4 Å². The van der Waals surface area contributed by atoms with Crippen LogP contribution in [0.1, 0.15) is 0 Å². The maximum absolute atomic E-state index is 13.1. The molecule has 0 aliphatic carbocycles. The number of nitrogens with one attached hydrogen (secondary N) is 3. The van der Waals surface area contributed by atoms with Gasteiger partial charge >= 0.3 is 0 Å². The van der Waals surface area contributed by atoms with Gasteiger partial charge in [-0.05, 0) is 54.6 Å². The topological polar surface area (TPSA) is 105 Å². The van der Waals surface area contributed by atoms with Gasteiger partial charge in [0.1, 0.15) is 0 Å². The van der Waals surface area contributed by atoms with E-state index in [9.17, 15) is 8.42 Å². The Labute approximate surface area is 187 Å². The number of rotatable bonds is 7. The van der Waals surface area contributed by atoms with Crippen LogP contribution in [0.4, 0.5) is 23.0 Å². The van der Waals surface area contributed by atoms with E-state index in [2.05, 4.69) is 41.4 Å². The van der Waals surface area contributed by atoms with Crippen LogP contribution in [0, 0.1) is 0 Å². The van der Waals surface area contributed by atoms with Gasteiger partial charge in [-0.3, -0.25) is 15.0 Å². The highest BCUT2D eigenvalue weighted by Gasteiger charge is 2.19. The predicted molar refractivity (Wildman–Crippen MR) is 125 cm³/mol. The highest BCUT2D eigenvalue weighted by atomic mass is 79.9. The van der Waals surface area contributed by atoms with E-state index in [1.165, 1.54) is 19.2 Å². The number of halogens is 1. The molecule has 0 bridgehead atoms. The molecule has 8 nitrogen and oxygen atoms in total. The Morgan fingerprint density at radius 1 is 0.839 bits per heavy atom. The average molecular weight is 500 g/mol. The van der Waals surface area contributed by atoms with Gasteiger partial charge in [0.2, 0.25) is 0 Å². The van der Waals surface area contributed by atoms with Crippen molar-refractivity contribution in [1.82, 2.24) is 9.97 Å². The summed E-state index contributed by atoms with van der Waals surface area (Å²) in [5, 5.41) is 3.14. The number of hydrogen-bond acceptors (Lipinski definition) is 7. The largest absolute Gasteiger partial charge is 0.337 e. The molecular formula is C21H18BrN5O3S. The Balaban J connectivity index is 1.74. The maximum Gasteiger partial charge on any atom is 0.263 e. The van der Waals surface area contributed by atoms with Crippen molar-refractivity contribution in [1.29, 1.82) is 0 Å². The molecule has 31 heavy (non-hydrogen) atoms. The fourth-order valence-electron chi connectivity index (χ4n) is 2.86. The second-order valence-corrected chi connectivity index (χ2v) is 9.08. The smallest absolute Gasteiger partial charge is 0.263 e. The lowest BCUT2D eigenvalue weighted by molar-refractivity contribution is 0.271. The first-order valence-corrected chi connectivity index (χ1v) is 11.4. The number of anilines is 4. The van der Waals surface area contributed by atoms with E-state index in [-0.39, 0.29) is 16.5 Å². The molecule has 0 saturated carbocycles. The lowest BCUT2D eigenvalue weighted by Crippen LogP contribution is -2.16. The Bertz CT molecular complexity index is 1330. The zero-order valence-corrected chi connectivity index (χ0v) is 18.7. The van der Waals surface area contributed by atoms with Crippen molar-refractivity contribution in [2.45, 2.75) is 4.90 Å². The Morgan fingerprint density at radius 2 is 1.52 bits per heavy atom. The molecule has 0 aliphatic rings. The molecule has 10 heteroatoms. The van der Waals surface area contributed by atoms with Gasteiger partial charge in [-0.1, -0.05) is 34.1 Å². The van der Waals surface area contributed by atoms with Crippen molar-refractivity contribution in [3.8, 4) is 0 Å². The van der Waals surface area contributed by atoms with Crippen LogP contribution < -0.4 is 15.5 Å². The second-order valence-electron chi connectivity index (χ2n) is 6.48. The van der Waals surface area contributed by atoms with E-state index >= 15 is 0 Å². The molecule has 0 saturated heterocycles. The lowest BCUT2D eigenvalue weighted by atomic mass is 10.3. The summed E-state index contributed by atoms with van der Waals surface area (Å²) in [7, 11) is -2.49. The van der Waals surface area contributed by atoms with Crippen molar-refractivity contribution >= 4 is 60.0 Å². The third kappa shape index (κ3) is 4.93. The van der Waals surface area contributed by atoms with Crippen LogP contribution in [0.15, 0.2) is 82.2 Å². The van der Waals surface area contributed by atoms with E-state index in [0.29, 0.717) is 16.7 Å². The summed E-state index contributed by atoms with van der Waals surface area (Å²) in [4.78, 5) is 14.0. The fourth-order valence-corrected chi connectivity index (χ4v) is 4.18. The van der Waals surface area contributed by atoms with Gasteiger partial charge in [0.25, 0.3) is 10.0 Å². The van der Waals surface area contributed by atoms with Gasteiger partial charge in [-0.2, -0.15) is 0 Å². The highest BCUT2D eigenvalue weighted by molar-refractivity contribution is 9.10. The van der Waals surface area contributed by atoms with Gasteiger partial charge in [-0.15, -0.1) is 0 Å². The van der Waals surface area contributed by atoms with Crippen LogP contribution in [-0.4, -0.2) is 25.5 Å². The zero-order valence-electron chi connectivity index (χ0n) is 16.3. The molecule has 1 heterocycles. The van der Waals surface area contributed by atoms with Gasteiger partial charge in [0.05, 0.1) is 28.7 Å². The van der Waals surface area contributed by atoms with E-state index in [1.807, 2.05) is 42.5 Å². The summed E-state index contributed by atoms with van der Waals surface area (Å²) >= 11 is 3.40. The van der Waals surface area contributed by atoms with Crippen LogP contribution >= 0.6 is 15.9 Å². The van der Waals surface area contributed by atoms with Crippen LogP contribution in [0.5, 0.6) is 0 Å². The quantitative estimate of drug-likeness (QED) is 0.310. The number of fused-ring (bicyclic) bond motifs is 1. The third-order valence-electron chi connectivity index (χ3n) is 4.27. The molecular weight excluding hydrogens is 482 g/mol. The minimum absolute atomic E-state index is 0.0547. The van der Waals surface area contributed by atoms with Crippen molar-refractivity contribution in [3.05, 3.63) is 77.3 Å². The maximum atomic E-state index is 13.1. The van der Waals surface area contributed by atoms with Crippen LogP contribution in [0.3, 0.4) is 0 Å². The number of nitrogens with zero attached hydrogens (tertiary/aromatic N) is 2. The van der Waals surface area contributed by atoms with Gasteiger partial charge < -0.3 is 5.32 Å². The first-order valence-electron chi connectivity index (χ1n) is 9.16. The number of sulfonamides is 1. The molecule has 0 fully saturated rings. The third-order valence-corrected chi connectivity index (χ3v) is 6.14. The number of benzene rings is 3. The molecule has 3 N–H and O–H groups in total. The van der Waals surface area contributed by atoms with Gasteiger partial charge in [0, 0.05) is 10.2 Å². The summed E-state index contributed by atoms with van der Waals surface area (Å²) in [5.74, 6) is 0.377. The Kier molecular flexibility index (Phi) is 6.03. The predicted octanol–water partition coefficient (Wildman–Crippen LogP) is 4.91. The summed E-state index contributed by atoms with van der Waals surface area (Å²) in [6.45, 7) is 0. The Morgan fingerprint density at radius 3 is 2.19 bits per heavy atom. The van der Waals surface area contributed by atoms with Crippen molar-refractivity contribution in [2.24, 2.45) is 0 Å². The molecule has 0 atom stereocenters. The Hall–Kier alpha value is -3.21. The normalized spacial score (nSPS) is 11.3. The summed E-state index contributed by atoms with van der Waals surface area (Å²) in [6.07, 6.45) is 0. The number of aromatic nitrogens is 2. The van der Waals surface area contributed by atoms with E-state index in [4.69, 9.17) is 4.84 Å². The van der Waals surface area contributed by atoms with Crippen molar-refractivity contribution in [2.75, 3.05) is 22.6 Å². The minimum atomic E-state index is -3.94. The lowest BCUT2D eigenvalue weighted by Gasteiger charge is -2.14. The van der Waals surface area contributed by atoms with Crippen LogP contribution in [-0.2, 0) is 14.9 Å². The molecule has 3 aromatic carbocycles. The first-order chi connectivity index (χ1) is 14.9. The van der Waals surface area contributed by atoms with Crippen LogP contribution in [0.2, 0.25) is 0 Å². The standard InChI is InChI=1S/C21H18BrN5O3S/c1-30-26-16-5-4-6-17(13-16)31(28,29)27-21-20(23-15-11-9-14(22)10-12-15)24-18-7-2-3-8-19(18)25-21/h2-13,26H,1H3,(H,23,24)(H,25,27). The van der Waals surface area contributed by atoms with E-state index < -0.39 is 10.0 Å². The van der Waals surface area contributed by atoms with Crippen molar-refractivity contribution in [3.63, 3.8) is 0 Å². The summed E-state index contributed by atoms with van der Waals surface area (Å²) < 4.78 is 29.6. The second kappa shape index (κ2) is 8.88. The molecule has 0 spiro atoms. The SMILES string of the molecule is CONc1cccc(S(=O)(=O)Nc2nc3ccccc3nc2Nc2ccc(Br)cc2)c1. The average Bonchev–Trinajstić information content (AvgIpc) is 2.76. The van der Waals surface area contributed by atoms with Crippen molar-refractivity contribution < 1.29 is 13.3 Å². The number of hydrogen-bond donors (Lipinski definition) is 3. The molecule has 158 valence electrons. The number of para-hydroxylation sites is 2. The van der Waals surface area contributed by atoms with E-state index in [1.54, 1.807) is 18.2 Å². The molecule has 0 unspecified atom stereocenters. The monoisotopic (exact) mass is 499 g/mol. The van der Waals surface area contributed by atoms with Crippen LogP contribution in [0.25, 0.3) is 11.0 Å². The zero-order chi connectivity index (χ0) is 21.8. The molecule has 0 aliphatic heterocycles. The highest BCUT2D eigenvalue weighted by Crippen LogP contribution is 2.28. The van der Waals surface area contributed by atoms with Gasteiger partial charge in [0.15, 0.2) is 11.6 Å².